The summed E-state index contributed by atoms with van der Waals surface area (Å²) >= 11 is 0. The van der Waals surface area contributed by atoms with Gasteiger partial charge in [-0.3, -0.25) is 14.2 Å². The van der Waals surface area contributed by atoms with Crippen molar-refractivity contribution in [3.05, 3.63) is 44.5 Å². The minimum atomic E-state index is -1.37. The zero-order valence-corrected chi connectivity index (χ0v) is 13.8. The topological polar surface area (TPSA) is 105 Å². The molecule has 130 valence electrons. The molecule has 0 aliphatic carbocycles. The summed E-state index contributed by atoms with van der Waals surface area (Å²) in [6.45, 7) is 3.78. The molecule has 2 atom stereocenters. The van der Waals surface area contributed by atoms with E-state index in [1.54, 1.807) is 6.07 Å². The molecule has 1 aromatic carbocycles. The molecule has 1 aromatic heterocycles. The van der Waals surface area contributed by atoms with E-state index in [0.717, 1.165) is 12.0 Å². The van der Waals surface area contributed by atoms with E-state index in [2.05, 4.69) is 13.8 Å². The van der Waals surface area contributed by atoms with E-state index in [1.807, 2.05) is 12.1 Å². The van der Waals surface area contributed by atoms with Crippen LogP contribution in [0.4, 0.5) is 0 Å². The van der Waals surface area contributed by atoms with Gasteiger partial charge in [0.1, 0.15) is 12.2 Å². The fourth-order valence-electron chi connectivity index (χ4n) is 3.37. The molecule has 0 amide bonds. The molecular formula is C17H22N2O5. The van der Waals surface area contributed by atoms with Gasteiger partial charge in [-0.2, -0.15) is 0 Å². The molecule has 0 unspecified atom stereocenters. The lowest BCUT2D eigenvalue weighted by Gasteiger charge is -2.33. The first kappa shape index (κ1) is 16.9. The second kappa shape index (κ2) is 5.84. The van der Waals surface area contributed by atoms with Crippen LogP contribution in [0.15, 0.2) is 27.8 Å². The van der Waals surface area contributed by atoms with Gasteiger partial charge in [0.2, 0.25) is 0 Å². The number of hydrogen-bond donors (Lipinski definition) is 3. The molecule has 0 saturated heterocycles. The largest absolute Gasteiger partial charge is 0.394 e. The van der Waals surface area contributed by atoms with Crippen molar-refractivity contribution in [2.75, 3.05) is 6.61 Å². The first-order chi connectivity index (χ1) is 11.3. The summed E-state index contributed by atoms with van der Waals surface area (Å²) in [5.74, 6) is 0. The molecular weight excluding hydrogens is 312 g/mol. The Balaban J connectivity index is 2.30. The third-order valence-corrected chi connectivity index (χ3v) is 4.94. The van der Waals surface area contributed by atoms with Gasteiger partial charge >= 0.3 is 11.1 Å². The predicted octanol–water partition coefficient (Wildman–Crippen LogP) is -0.441. The van der Waals surface area contributed by atoms with Gasteiger partial charge in [-0.15, -0.1) is 0 Å². The number of aryl methyl sites for hydroxylation is 1. The van der Waals surface area contributed by atoms with Crippen LogP contribution in [0.25, 0.3) is 11.0 Å². The molecule has 2 aromatic rings. The van der Waals surface area contributed by atoms with Crippen LogP contribution in [0.3, 0.4) is 0 Å². The molecule has 0 bridgehead atoms. The first-order valence-corrected chi connectivity index (χ1v) is 8.02. The van der Waals surface area contributed by atoms with Crippen molar-refractivity contribution in [2.24, 2.45) is 0 Å². The molecule has 1 aliphatic heterocycles. The number of hydrogen-bond acceptors (Lipinski definition) is 5. The van der Waals surface area contributed by atoms with Gasteiger partial charge < -0.3 is 19.9 Å². The van der Waals surface area contributed by atoms with Crippen molar-refractivity contribution in [3.63, 3.8) is 0 Å². The molecule has 3 N–H and O–H groups in total. The van der Waals surface area contributed by atoms with E-state index in [9.17, 15) is 19.8 Å². The lowest BCUT2D eigenvalue weighted by Crippen LogP contribution is -2.47. The highest BCUT2D eigenvalue weighted by Gasteiger charge is 2.31. The van der Waals surface area contributed by atoms with Crippen LogP contribution in [-0.4, -0.2) is 43.3 Å². The Morgan fingerprint density at radius 3 is 2.54 bits per heavy atom. The smallest absolute Gasteiger partial charge is 0.317 e. The molecule has 2 heterocycles. The van der Waals surface area contributed by atoms with Gasteiger partial charge in [-0.05, 0) is 23.5 Å². The van der Waals surface area contributed by atoms with Gasteiger partial charge in [0.25, 0.3) is 0 Å². The number of nitrogens with zero attached hydrogens (tertiary/aromatic N) is 2. The fraction of sp³-hybridized carbons (Fsp3) is 0.529. The van der Waals surface area contributed by atoms with E-state index in [-0.39, 0.29) is 12.0 Å². The van der Waals surface area contributed by atoms with Crippen LogP contribution < -0.4 is 11.1 Å². The number of para-hydroxylation sites is 1. The van der Waals surface area contributed by atoms with E-state index >= 15 is 0 Å². The summed E-state index contributed by atoms with van der Waals surface area (Å²) < 4.78 is 2.70. The Bertz CT molecular complexity index is 896. The number of rotatable bonds is 4. The normalized spacial score (nSPS) is 18.5. The van der Waals surface area contributed by atoms with Crippen molar-refractivity contribution in [2.45, 2.75) is 51.0 Å². The SMILES string of the molecule is CC1(C)CCn2c(=O)c(=O)n(C[C@H](O)[C@@H](O)CO)c3cccc1c32. The quantitative estimate of drug-likeness (QED) is 0.658. The van der Waals surface area contributed by atoms with Crippen molar-refractivity contribution < 1.29 is 15.3 Å². The predicted molar refractivity (Wildman–Crippen MR) is 89.2 cm³/mol. The van der Waals surface area contributed by atoms with E-state index in [0.29, 0.717) is 17.6 Å². The molecule has 0 saturated carbocycles. The molecule has 0 fully saturated rings. The minimum Gasteiger partial charge on any atom is -0.394 e. The van der Waals surface area contributed by atoms with Gasteiger partial charge in [0, 0.05) is 6.54 Å². The van der Waals surface area contributed by atoms with Gasteiger partial charge in [0.05, 0.1) is 24.2 Å². The van der Waals surface area contributed by atoms with Crippen LogP contribution in [0.5, 0.6) is 0 Å². The zero-order chi connectivity index (χ0) is 17.6. The lowest BCUT2D eigenvalue weighted by molar-refractivity contribution is -0.0214. The highest BCUT2D eigenvalue weighted by atomic mass is 16.4. The molecule has 1 aliphatic rings. The Morgan fingerprint density at radius 1 is 1.17 bits per heavy atom. The average molecular weight is 334 g/mol. The third-order valence-electron chi connectivity index (χ3n) is 4.94. The molecule has 0 radical (unpaired) electrons. The van der Waals surface area contributed by atoms with Crippen LogP contribution in [0.2, 0.25) is 0 Å². The maximum Gasteiger partial charge on any atom is 0.317 e. The fourth-order valence-corrected chi connectivity index (χ4v) is 3.37. The highest BCUT2D eigenvalue weighted by molar-refractivity contribution is 5.81. The molecule has 24 heavy (non-hydrogen) atoms. The molecule has 7 heteroatoms. The monoisotopic (exact) mass is 334 g/mol. The number of aliphatic hydroxyl groups is 3. The Labute approximate surface area is 138 Å². The Hall–Kier alpha value is -1.96. The second-order valence-corrected chi connectivity index (χ2v) is 7.00. The Morgan fingerprint density at radius 2 is 1.88 bits per heavy atom. The summed E-state index contributed by atoms with van der Waals surface area (Å²) in [5.41, 5.74) is 0.740. The molecule has 7 nitrogen and oxygen atoms in total. The van der Waals surface area contributed by atoms with Gasteiger partial charge in [-0.1, -0.05) is 26.0 Å². The van der Waals surface area contributed by atoms with E-state index in [1.165, 1.54) is 9.13 Å². The molecule has 0 spiro atoms. The van der Waals surface area contributed by atoms with Crippen molar-refractivity contribution in [1.82, 2.24) is 9.13 Å². The summed E-state index contributed by atoms with van der Waals surface area (Å²) in [6, 6.07) is 5.51. The summed E-state index contributed by atoms with van der Waals surface area (Å²) in [6.07, 6.45) is -1.96. The van der Waals surface area contributed by atoms with E-state index in [4.69, 9.17) is 5.11 Å². The first-order valence-electron chi connectivity index (χ1n) is 8.02. The maximum absolute atomic E-state index is 12.5. The number of benzene rings is 1. The standard InChI is InChI=1S/C17H22N2O5/c1-17(2)6-7-18-14-10(17)4-3-5-11(14)19(16(24)15(18)23)8-12(21)13(22)9-20/h3-5,12-13,20-22H,6-9H2,1-2H3/t12-,13-/m0/s1. The van der Waals surface area contributed by atoms with Crippen LogP contribution >= 0.6 is 0 Å². The number of aliphatic hydroxyl groups excluding tert-OH is 3. The summed E-state index contributed by atoms with van der Waals surface area (Å²) in [5, 5.41) is 28.5. The van der Waals surface area contributed by atoms with Gasteiger partial charge in [-0.25, -0.2) is 0 Å². The van der Waals surface area contributed by atoms with Crippen LogP contribution in [-0.2, 0) is 18.5 Å². The zero-order valence-electron chi connectivity index (χ0n) is 13.8. The van der Waals surface area contributed by atoms with Crippen molar-refractivity contribution in [3.8, 4) is 0 Å². The summed E-state index contributed by atoms with van der Waals surface area (Å²) in [4.78, 5) is 25.0. The maximum atomic E-state index is 12.5. The lowest BCUT2D eigenvalue weighted by atomic mass is 9.78. The minimum absolute atomic E-state index is 0.128. The average Bonchev–Trinajstić information content (AvgIpc) is 2.56. The van der Waals surface area contributed by atoms with Crippen molar-refractivity contribution >= 4 is 11.0 Å². The second-order valence-electron chi connectivity index (χ2n) is 7.00. The summed E-state index contributed by atoms with van der Waals surface area (Å²) in [7, 11) is 0. The Kier molecular flexibility index (Phi) is 4.11. The van der Waals surface area contributed by atoms with Gasteiger partial charge in [0.15, 0.2) is 0 Å². The highest BCUT2D eigenvalue weighted by Crippen LogP contribution is 2.36. The van der Waals surface area contributed by atoms with Crippen LogP contribution in [0.1, 0.15) is 25.8 Å². The van der Waals surface area contributed by atoms with Crippen LogP contribution in [0, 0.1) is 0 Å². The van der Waals surface area contributed by atoms with E-state index < -0.39 is 29.9 Å². The third kappa shape index (κ3) is 2.49. The molecule has 3 rings (SSSR count). The van der Waals surface area contributed by atoms with Crippen molar-refractivity contribution in [1.29, 1.82) is 0 Å². The number of aromatic nitrogens is 2.